The SMILES string of the molecule is C=C/C1=N\C(=C)NCCCC2CN(c3nc(-n4ccc(OCCC5C6(CC6)C56CC6)n4)ccc3C(=O)NS1)C(C)(C)C2. The number of pyridine rings is 1. The Balaban J connectivity index is 1.12. The Morgan fingerprint density at radius 1 is 1.19 bits per heavy atom. The van der Waals surface area contributed by atoms with E-state index in [-0.39, 0.29) is 11.4 Å². The summed E-state index contributed by atoms with van der Waals surface area (Å²) in [5, 5.41) is 8.55. The van der Waals surface area contributed by atoms with E-state index in [0.29, 0.717) is 57.3 Å². The van der Waals surface area contributed by atoms with Gasteiger partial charge in [-0.2, -0.15) is 0 Å². The molecule has 2 bridgehead atoms. The average molecular weight is 588 g/mol. The van der Waals surface area contributed by atoms with Gasteiger partial charge in [-0.05, 0) is 106 Å². The average Bonchev–Trinajstić information content (AvgIpc) is 3.92. The number of carbonyl (C=O) groups is 1. The van der Waals surface area contributed by atoms with Gasteiger partial charge in [-0.15, -0.1) is 5.10 Å². The standard InChI is InChI=1S/C32H41N7O2S/c1-5-27-34-21(2)33-16-6-7-22-19-30(3,4)38(20-22)28-23(29(40)37-42-27)8-9-25(35-28)39-17-10-26(36-39)41-18-11-24-31(12-13-31)32(24)14-15-32/h5,8-10,17,22,24,33H,1-2,6-7,11-16,18-20H2,3-4H3,(H,37,40)/b34-27+. The lowest BCUT2D eigenvalue weighted by Crippen LogP contribution is -2.40. The van der Waals surface area contributed by atoms with Crippen molar-refractivity contribution in [1.29, 1.82) is 0 Å². The van der Waals surface area contributed by atoms with Crippen LogP contribution in [0.25, 0.3) is 5.82 Å². The molecule has 10 heteroatoms. The second-order valence-corrected chi connectivity index (χ2v) is 14.2. The molecule has 3 aliphatic carbocycles. The number of amides is 1. The van der Waals surface area contributed by atoms with Crippen LogP contribution in [-0.2, 0) is 0 Å². The second kappa shape index (κ2) is 10.2. The minimum atomic E-state index is -0.234. The molecule has 1 saturated heterocycles. The van der Waals surface area contributed by atoms with E-state index < -0.39 is 0 Å². The lowest BCUT2D eigenvalue weighted by atomic mass is 9.93. The van der Waals surface area contributed by atoms with Crippen molar-refractivity contribution in [3.05, 3.63) is 55.0 Å². The molecule has 1 unspecified atom stereocenters. The fourth-order valence-electron chi connectivity index (χ4n) is 8.11. The lowest BCUT2D eigenvalue weighted by molar-refractivity contribution is 0.0984. The number of nitrogens with one attached hydrogen (secondary N) is 2. The van der Waals surface area contributed by atoms with Crippen LogP contribution in [0.3, 0.4) is 0 Å². The van der Waals surface area contributed by atoms with Gasteiger partial charge in [0, 0.05) is 42.8 Å². The normalized spacial score (nSPS) is 26.8. The van der Waals surface area contributed by atoms with E-state index in [1.54, 1.807) is 10.8 Å². The summed E-state index contributed by atoms with van der Waals surface area (Å²) in [7, 11) is 0. The van der Waals surface area contributed by atoms with Crippen molar-refractivity contribution in [3.63, 3.8) is 0 Å². The molecular weight excluding hydrogens is 546 g/mol. The molecule has 4 heterocycles. The zero-order valence-electron chi connectivity index (χ0n) is 24.7. The smallest absolute Gasteiger partial charge is 0.265 e. The second-order valence-electron chi connectivity index (χ2n) is 13.3. The van der Waals surface area contributed by atoms with Gasteiger partial charge in [0.05, 0.1) is 12.2 Å². The maximum Gasteiger partial charge on any atom is 0.265 e. The third kappa shape index (κ3) is 4.81. The molecule has 0 aromatic carbocycles. The molecule has 42 heavy (non-hydrogen) atoms. The van der Waals surface area contributed by atoms with Gasteiger partial charge < -0.3 is 15.0 Å². The van der Waals surface area contributed by atoms with Crippen molar-refractivity contribution >= 4 is 28.7 Å². The summed E-state index contributed by atoms with van der Waals surface area (Å²) in [5.41, 5.74) is 1.77. The first-order valence-corrected chi connectivity index (χ1v) is 16.1. The Labute approximate surface area is 252 Å². The number of rotatable bonds is 6. The molecule has 2 aromatic heterocycles. The van der Waals surface area contributed by atoms with Crippen LogP contribution in [-0.4, -0.2) is 51.0 Å². The van der Waals surface area contributed by atoms with Crippen LogP contribution in [0.4, 0.5) is 5.82 Å². The van der Waals surface area contributed by atoms with Crippen molar-refractivity contribution in [3.8, 4) is 11.7 Å². The van der Waals surface area contributed by atoms with Crippen molar-refractivity contribution in [2.24, 2.45) is 27.7 Å². The predicted molar refractivity (Wildman–Crippen MR) is 167 cm³/mol. The Morgan fingerprint density at radius 2 is 1.98 bits per heavy atom. The quantitative estimate of drug-likeness (QED) is 0.422. The summed E-state index contributed by atoms with van der Waals surface area (Å²) in [6.45, 7) is 14.7. The van der Waals surface area contributed by atoms with E-state index in [2.05, 4.69) is 46.9 Å². The summed E-state index contributed by atoms with van der Waals surface area (Å²) in [6, 6.07) is 5.60. The van der Waals surface area contributed by atoms with E-state index in [9.17, 15) is 4.79 Å². The van der Waals surface area contributed by atoms with Crippen LogP contribution in [0.1, 0.15) is 75.6 Å². The molecule has 4 fully saturated rings. The molecule has 2 spiro atoms. The first-order chi connectivity index (χ1) is 20.2. The van der Waals surface area contributed by atoms with Gasteiger partial charge in [0.2, 0.25) is 5.88 Å². The van der Waals surface area contributed by atoms with Gasteiger partial charge in [0.15, 0.2) is 5.82 Å². The van der Waals surface area contributed by atoms with Gasteiger partial charge >= 0.3 is 0 Å². The number of nitrogens with zero attached hydrogens (tertiary/aromatic N) is 5. The zero-order valence-corrected chi connectivity index (χ0v) is 25.5. The number of hydrogen-bond acceptors (Lipinski definition) is 8. The summed E-state index contributed by atoms with van der Waals surface area (Å²) < 4.78 is 10.8. The topological polar surface area (TPSA) is 96.7 Å². The van der Waals surface area contributed by atoms with Gasteiger partial charge in [0.25, 0.3) is 5.91 Å². The number of carbonyl (C=O) groups excluding carboxylic acids is 1. The number of aliphatic imine (C=N–C) groups is 1. The first kappa shape index (κ1) is 27.6. The predicted octanol–water partition coefficient (Wildman–Crippen LogP) is 5.65. The molecule has 7 rings (SSSR count). The summed E-state index contributed by atoms with van der Waals surface area (Å²) in [5.74, 6) is 3.63. The number of ether oxygens (including phenoxy) is 1. The highest BCUT2D eigenvalue weighted by molar-refractivity contribution is 8.13. The molecule has 2 aromatic rings. The molecule has 9 nitrogen and oxygen atoms in total. The zero-order chi connectivity index (χ0) is 29.1. The van der Waals surface area contributed by atoms with Crippen LogP contribution >= 0.6 is 11.9 Å². The molecule has 0 radical (unpaired) electrons. The molecule has 5 aliphatic rings. The van der Waals surface area contributed by atoms with Crippen LogP contribution in [0.2, 0.25) is 0 Å². The number of fused-ring (bicyclic) bond motifs is 5. The van der Waals surface area contributed by atoms with Crippen LogP contribution < -0.4 is 19.7 Å². The third-order valence-electron chi connectivity index (χ3n) is 10.4. The van der Waals surface area contributed by atoms with Crippen molar-refractivity contribution in [2.45, 2.75) is 70.8 Å². The highest BCUT2D eigenvalue weighted by atomic mass is 32.2. The van der Waals surface area contributed by atoms with E-state index >= 15 is 0 Å². The number of aromatic nitrogens is 3. The Morgan fingerprint density at radius 3 is 2.71 bits per heavy atom. The highest BCUT2D eigenvalue weighted by Crippen LogP contribution is 2.93. The van der Waals surface area contributed by atoms with Crippen molar-refractivity contribution in [1.82, 2.24) is 24.8 Å². The Kier molecular flexibility index (Phi) is 6.68. The summed E-state index contributed by atoms with van der Waals surface area (Å²) >= 11 is 1.12. The van der Waals surface area contributed by atoms with E-state index in [4.69, 9.17) is 14.8 Å². The fourth-order valence-corrected chi connectivity index (χ4v) is 8.66. The van der Waals surface area contributed by atoms with Gasteiger partial charge in [-0.3, -0.25) is 9.52 Å². The van der Waals surface area contributed by atoms with E-state index in [1.165, 1.54) is 25.7 Å². The lowest BCUT2D eigenvalue weighted by Gasteiger charge is -2.34. The molecular formula is C32H41N7O2S. The molecule has 222 valence electrons. The van der Waals surface area contributed by atoms with Crippen LogP contribution in [0.15, 0.2) is 54.4 Å². The maximum atomic E-state index is 13.5. The van der Waals surface area contributed by atoms with E-state index in [0.717, 1.165) is 56.6 Å². The third-order valence-corrected chi connectivity index (χ3v) is 11.1. The maximum absolute atomic E-state index is 13.5. The minimum absolute atomic E-state index is 0.153. The summed E-state index contributed by atoms with van der Waals surface area (Å²) in [6.07, 6.45) is 13.4. The van der Waals surface area contributed by atoms with Crippen molar-refractivity contribution < 1.29 is 9.53 Å². The van der Waals surface area contributed by atoms with Crippen LogP contribution in [0, 0.1) is 22.7 Å². The number of anilines is 1. The molecule has 2 N–H and O–H groups in total. The summed E-state index contributed by atoms with van der Waals surface area (Å²) in [4.78, 5) is 25.4. The Hall–Kier alpha value is -3.27. The molecule has 1 atom stereocenters. The van der Waals surface area contributed by atoms with Crippen molar-refractivity contribution in [2.75, 3.05) is 24.6 Å². The minimum Gasteiger partial charge on any atom is -0.477 e. The van der Waals surface area contributed by atoms with Gasteiger partial charge in [-0.1, -0.05) is 13.2 Å². The number of hydrogen-bond donors (Lipinski definition) is 2. The van der Waals surface area contributed by atoms with Gasteiger partial charge in [-0.25, -0.2) is 14.7 Å². The molecule has 2 aliphatic heterocycles. The highest BCUT2D eigenvalue weighted by Gasteiger charge is 2.85. The fraction of sp³-hybridized carbons (Fsp3) is 0.562. The van der Waals surface area contributed by atoms with Crippen LogP contribution in [0.5, 0.6) is 5.88 Å². The van der Waals surface area contributed by atoms with Gasteiger partial charge in [0.1, 0.15) is 16.7 Å². The molecule has 1 amide bonds. The Bertz CT molecular complexity index is 1440. The largest absolute Gasteiger partial charge is 0.477 e. The first-order valence-electron chi connectivity index (χ1n) is 15.3. The molecule has 3 saturated carbocycles. The van der Waals surface area contributed by atoms with E-state index in [1.807, 2.05) is 24.4 Å². The monoisotopic (exact) mass is 587 g/mol.